The van der Waals surface area contributed by atoms with Crippen molar-refractivity contribution in [2.75, 3.05) is 18.6 Å². The van der Waals surface area contributed by atoms with Gasteiger partial charge in [0.25, 0.3) is 5.91 Å². The number of amides is 1. The van der Waals surface area contributed by atoms with E-state index in [4.69, 9.17) is 14.5 Å². The highest BCUT2D eigenvalue weighted by atomic mass is 32.1. The molecular formula is C21H21N5O3S. The number of pyridine rings is 1. The van der Waals surface area contributed by atoms with Crippen molar-refractivity contribution in [1.82, 2.24) is 19.7 Å². The Morgan fingerprint density at radius 3 is 2.90 bits per heavy atom. The molecule has 3 aromatic heterocycles. The number of benzene rings is 1. The molecule has 0 N–H and O–H groups in total. The minimum absolute atomic E-state index is 0.243. The van der Waals surface area contributed by atoms with Gasteiger partial charge in [0.15, 0.2) is 5.13 Å². The Bertz CT molecular complexity index is 1170. The number of aromatic nitrogens is 4. The number of aryl methyl sites for hydroxylation is 1. The number of rotatable bonds is 7. The summed E-state index contributed by atoms with van der Waals surface area (Å²) in [4.78, 5) is 24.0. The average molecular weight is 423 g/mol. The van der Waals surface area contributed by atoms with Gasteiger partial charge in [-0.1, -0.05) is 17.4 Å². The molecular weight excluding hydrogens is 402 g/mol. The zero-order chi connectivity index (χ0) is 21.1. The van der Waals surface area contributed by atoms with Gasteiger partial charge in [0.1, 0.15) is 11.3 Å². The molecule has 0 aliphatic carbocycles. The van der Waals surface area contributed by atoms with Crippen LogP contribution < -0.4 is 14.4 Å². The Morgan fingerprint density at radius 2 is 2.17 bits per heavy atom. The molecule has 4 rings (SSSR count). The van der Waals surface area contributed by atoms with Crippen molar-refractivity contribution in [3.8, 4) is 11.6 Å². The second-order valence-electron chi connectivity index (χ2n) is 6.54. The van der Waals surface area contributed by atoms with Crippen molar-refractivity contribution in [2.45, 2.75) is 13.5 Å². The summed E-state index contributed by atoms with van der Waals surface area (Å²) in [6.07, 6.45) is 5.09. The SMILES string of the molecule is CCOc1ccc2nc(N(Cc3cccnc3)C(=O)c3cn(C)nc3OC)sc2c1. The van der Waals surface area contributed by atoms with Crippen molar-refractivity contribution in [1.29, 1.82) is 0 Å². The van der Waals surface area contributed by atoms with E-state index in [9.17, 15) is 4.79 Å². The number of fused-ring (bicyclic) bond motifs is 1. The lowest BCUT2D eigenvalue weighted by Crippen LogP contribution is -2.30. The van der Waals surface area contributed by atoms with Crippen LogP contribution in [0.15, 0.2) is 48.9 Å². The van der Waals surface area contributed by atoms with Gasteiger partial charge >= 0.3 is 0 Å². The van der Waals surface area contributed by atoms with Gasteiger partial charge in [-0.25, -0.2) is 4.98 Å². The van der Waals surface area contributed by atoms with Crippen LogP contribution in [0.4, 0.5) is 5.13 Å². The Balaban J connectivity index is 1.76. The molecule has 9 heteroatoms. The first-order valence-electron chi connectivity index (χ1n) is 9.41. The van der Waals surface area contributed by atoms with Crippen molar-refractivity contribution < 1.29 is 14.3 Å². The van der Waals surface area contributed by atoms with Crippen LogP contribution in [-0.4, -0.2) is 39.4 Å². The molecule has 0 bridgehead atoms. The highest BCUT2D eigenvalue weighted by molar-refractivity contribution is 7.22. The topological polar surface area (TPSA) is 82.4 Å². The lowest BCUT2D eigenvalue weighted by atomic mass is 10.2. The highest BCUT2D eigenvalue weighted by Crippen LogP contribution is 2.33. The number of methoxy groups -OCH3 is 1. The fourth-order valence-electron chi connectivity index (χ4n) is 3.08. The van der Waals surface area contributed by atoms with Crippen LogP contribution in [0.2, 0.25) is 0 Å². The van der Waals surface area contributed by atoms with Gasteiger partial charge < -0.3 is 9.47 Å². The van der Waals surface area contributed by atoms with E-state index >= 15 is 0 Å². The summed E-state index contributed by atoms with van der Waals surface area (Å²) < 4.78 is 13.4. The smallest absolute Gasteiger partial charge is 0.267 e. The molecule has 1 aromatic carbocycles. The van der Waals surface area contributed by atoms with Crippen molar-refractivity contribution in [3.05, 3.63) is 60.0 Å². The number of carbonyl (C=O) groups excluding carboxylic acids is 1. The summed E-state index contributed by atoms with van der Waals surface area (Å²) in [5.41, 5.74) is 2.07. The number of anilines is 1. The van der Waals surface area contributed by atoms with E-state index in [0.717, 1.165) is 21.5 Å². The third-order valence-electron chi connectivity index (χ3n) is 4.42. The molecule has 0 unspecified atom stereocenters. The normalized spacial score (nSPS) is 10.9. The maximum Gasteiger partial charge on any atom is 0.267 e. The standard InChI is InChI=1S/C21H21N5O3S/c1-4-29-15-7-8-17-18(10-15)30-21(23-17)26(12-14-6-5-9-22-11-14)20(27)16-13-25(2)24-19(16)28-3/h5-11,13H,4,12H2,1-3H3. The van der Waals surface area contributed by atoms with Crippen LogP contribution in [0.3, 0.4) is 0 Å². The third-order valence-corrected chi connectivity index (χ3v) is 5.46. The van der Waals surface area contributed by atoms with Crippen molar-refractivity contribution in [3.63, 3.8) is 0 Å². The second-order valence-corrected chi connectivity index (χ2v) is 7.55. The van der Waals surface area contributed by atoms with E-state index in [0.29, 0.717) is 23.8 Å². The zero-order valence-electron chi connectivity index (χ0n) is 16.9. The molecule has 0 saturated heterocycles. The first-order chi connectivity index (χ1) is 14.6. The fourth-order valence-corrected chi connectivity index (χ4v) is 4.07. The first kappa shape index (κ1) is 19.8. The van der Waals surface area contributed by atoms with E-state index in [1.165, 1.54) is 18.4 Å². The summed E-state index contributed by atoms with van der Waals surface area (Å²) in [6.45, 7) is 2.85. The van der Waals surface area contributed by atoms with Gasteiger partial charge in [-0.05, 0) is 36.8 Å². The van der Waals surface area contributed by atoms with Crippen LogP contribution >= 0.6 is 11.3 Å². The van der Waals surface area contributed by atoms with E-state index < -0.39 is 0 Å². The molecule has 8 nitrogen and oxygen atoms in total. The summed E-state index contributed by atoms with van der Waals surface area (Å²) >= 11 is 1.43. The maximum atomic E-state index is 13.5. The van der Waals surface area contributed by atoms with Crippen LogP contribution in [0.25, 0.3) is 10.2 Å². The Kier molecular flexibility index (Phi) is 5.62. The molecule has 3 heterocycles. The summed E-state index contributed by atoms with van der Waals surface area (Å²) in [5.74, 6) is 0.811. The van der Waals surface area contributed by atoms with Crippen LogP contribution in [-0.2, 0) is 13.6 Å². The molecule has 0 fully saturated rings. The second kappa shape index (κ2) is 8.50. The first-order valence-corrected chi connectivity index (χ1v) is 10.2. The number of hydrogen-bond donors (Lipinski definition) is 0. The minimum Gasteiger partial charge on any atom is -0.494 e. The third kappa shape index (κ3) is 3.97. The van der Waals surface area contributed by atoms with Gasteiger partial charge in [0.2, 0.25) is 5.88 Å². The molecule has 0 atom stereocenters. The van der Waals surface area contributed by atoms with Gasteiger partial charge in [-0.3, -0.25) is 19.4 Å². The Hall–Kier alpha value is -3.46. The predicted molar refractivity (Wildman–Crippen MR) is 115 cm³/mol. The van der Waals surface area contributed by atoms with Crippen LogP contribution in [0.5, 0.6) is 11.6 Å². The number of hydrogen-bond acceptors (Lipinski definition) is 7. The zero-order valence-corrected chi connectivity index (χ0v) is 17.7. The monoisotopic (exact) mass is 423 g/mol. The van der Waals surface area contributed by atoms with Crippen molar-refractivity contribution in [2.24, 2.45) is 7.05 Å². The molecule has 154 valence electrons. The molecule has 4 aromatic rings. The van der Waals surface area contributed by atoms with Gasteiger partial charge in [-0.2, -0.15) is 0 Å². The molecule has 0 spiro atoms. The molecule has 30 heavy (non-hydrogen) atoms. The number of carbonyl (C=O) groups is 1. The summed E-state index contributed by atoms with van der Waals surface area (Å²) in [7, 11) is 3.25. The maximum absolute atomic E-state index is 13.5. The van der Waals surface area contributed by atoms with E-state index in [1.807, 2.05) is 37.3 Å². The van der Waals surface area contributed by atoms with E-state index in [-0.39, 0.29) is 11.8 Å². The van der Waals surface area contributed by atoms with E-state index in [2.05, 4.69) is 10.1 Å². The Labute approximate surface area is 177 Å². The van der Waals surface area contributed by atoms with Crippen molar-refractivity contribution >= 4 is 32.6 Å². The molecule has 0 aliphatic heterocycles. The average Bonchev–Trinajstić information content (AvgIpc) is 3.35. The van der Waals surface area contributed by atoms with Gasteiger partial charge in [0, 0.05) is 25.6 Å². The minimum atomic E-state index is -0.243. The van der Waals surface area contributed by atoms with Crippen LogP contribution in [0, 0.1) is 0 Å². The lowest BCUT2D eigenvalue weighted by molar-refractivity contribution is 0.0982. The van der Waals surface area contributed by atoms with E-state index in [1.54, 1.807) is 35.2 Å². The number of thiazole rings is 1. The highest BCUT2D eigenvalue weighted by Gasteiger charge is 2.26. The Morgan fingerprint density at radius 1 is 1.30 bits per heavy atom. The molecule has 0 saturated carbocycles. The fraction of sp³-hybridized carbons (Fsp3) is 0.238. The van der Waals surface area contributed by atoms with Crippen LogP contribution in [0.1, 0.15) is 22.8 Å². The van der Waals surface area contributed by atoms with Gasteiger partial charge in [0.05, 0.1) is 30.5 Å². The predicted octanol–water partition coefficient (Wildman–Crippen LogP) is 3.68. The lowest BCUT2D eigenvalue weighted by Gasteiger charge is -2.19. The number of nitrogens with zero attached hydrogens (tertiary/aromatic N) is 5. The summed E-state index contributed by atoms with van der Waals surface area (Å²) in [6, 6.07) is 9.49. The van der Waals surface area contributed by atoms with Gasteiger partial charge in [-0.15, -0.1) is 5.10 Å². The molecule has 0 radical (unpaired) electrons. The molecule has 0 aliphatic rings. The largest absolute Gasteiger partial charge is 0.494 e. The quantitative estimate of drug-likeness (QED) is 0.451. The summed E-state index contributed by atoms with van der Waals surface area (Å²) in [5, 5.41) is 4.79. The molecule has 1 amide bonds. The number of ether oxygens (including phenoxy) is 2.